The Balaban J connectivity index is 2.37. The van der Waals surface area contributed by atoms with Crippen LogP contribution in [-0.4, -0.2) is 0 Å². The summed E-state index contributed by atoms with van der Waals surface area (Å²) in [5, 5.41) is 0.580. The maximum atomic E-state index is 6.07. The van der Waals surface area contributed by atoms with E-state index in [9.17, 15) is 0 Å². The van der Waals surface area contributed by atoms with Crippen LogP contribution in [0.2, 0.25) is 5.02 Å². The summed E-state index contributed by atoms with van der Waals surface area (Å²) in [5.74, 6) is 1.35. The van der Waals surface area contributed by atoms with Gasteiger partial charge in [0.2, 0.25) is 0 Å². The van der Waals surface area contributed by atoms with Crippen LogP contribution >= 0.6 is 27.5 Å². The Bertz CT molecular complexity index is 557. The molecular weight excluding hydrogens is 314 g/mol. The molecule has 0 bridgehead atoms. The van der Waals surface area contributed by atoms with Gasteiger partial charge in [0.25, 0.3) is 0 Å². The zero-order valence-corrected chi connectivity index (χ0v) is 12.2. The van der Waals surface area contributed by atoms with Crippen molar-refractivity contribution in [3.63, 3.8) is 0 Å². The van der Waals surface area contributed by atoms with Crippen LogP contribution in [0.1, 0.15) is 18.5 Å². The summed E-state index contributed by atoms with van der Waals surface area (Å²) in [6.07, 6.45) is 0. The van der Waals surface area contributed by atoms with Crippen LogP contribution in [0.4, 0.5) is 0 Å². The highest BCUT2D eigenvalue weighted by Crippen LogP contribution is 2.34. The zero-order chi connectivity index (χ0) is 13.1. The molecule has 0 aromatic heterocycles. The van der Waals surface area contributed by atoms with Gasteiger partial charge < -0.3 is 10.5 Å². The summed E-state index contributed by atoms with van der Waals surface area (Å²) < 4.78 is 6.80. The number of halogens is 2. The highest BCUT2D eigenvalue weighted by Gasteiger charge is 2.11. The largest absolute Gasteiger partial charge is 0.455 e. The number of nitrogens with two attached hydrogens (primary N) is 1. The van der Waals surface area contributed by atoms with Crippen molar-refractivity contribution in [2.45, 2.75) is 13.0 Å². The average molecular weight is 327 g/mol. The minimum absolute atomic E-state index is 0.111. The Morgan fingerprint density at radius 3 is 2.56 bits per heavy atom. The fourth-order valence-corrected chi connectivity index (χ4v) is 2.17. The van der Waals surface area contributed by atoms with E-state index < -0.39 is 0 Å². The lowest BCUT2D eigenvalue weighted by molar-refractivity contribution is 0.472. The molecule has 2 aromatic carbocycles. The van der Waals surface area contributed by atoms with Gasteiger partial charge in [0.15, 0.2) is 0 Å². The van der Waals surface area contributed by atoms with E-state index in [0.717, 1.165) is 15.8 Å². The molecule has 0 spiro atoms. The molecule has 0 saturated heterocycles. The summed E-state index contributed by atoms with van der Waals surface area (Å²) in [6.45, 7) is 1.92. The van der Waals surface area contributed by atoms with E-state index >= 15 is 0 Å². The molecule has 2 rings (SSSR count). The van der Waals surface area contributed by atoms with Gasteiger partial charge in [-0.05, 0) is 37.3 Å². The second kappa shape index (κ2) is 5.74. The van der Waals surface area contributed by atoms with Crippen LogP contribution in [0.15, 0.2) is 46.9 Å². The molecule has 0 saturated carbocycles. The molecule has 0 aliphatic carbocycles. The van der Waals surface area contributed by atoms with Crippen molar-refractivity contribution < 1.29 is 4.74 Å². The third-order valence-corrected chi connectivity index (χ3v) is 3.32. The van der Waals surface area contributed by atoms with Crippen molar-refractivity contribution in [3.8, 4) is 11.5 Å². The molecule has 0 amide bonds. The lowest BCUT2D eigenvalue weighted by atomic mass is 10.1. The Morgan fingerprint density at radius 2 is 1.89 bits per heavy atom. The Morgan fingerprint density at radius 1 is 1.17 bits per heavy atom. The lowest BCUT2D eigenvalue weighted by Gasteiger charge is -2.14. The number of para-hydroxylation sites is 1. The van der Waals surface area contributed by atoms with Crippen LogP contribution < -0.4 is 10.5 Å². The first kappa shape index (κ1) is 13.4. The van der Waals surface area contributed by atoms with E-state index in [1.807, 2.05) is 43.3 Å². The molecule has 2 aromatic rings. The van der Waals surface area contributed by atoms with E-state index in [-0.39, 0.29) is 6.04 Å². The van der Waals surface area contributed by atoms with Gasteiger partial charge >= 0.3 is 0 Å². The molecule has 1 atom stereocenters. The van der Waals surface area contributed by atoms with Gasteiger partial charge in [-0.1, -0.05) is 39.7 Å². The van der Waals surface area contributed by atoms with E-state index in [1.54, 1.807) is 6.07 Å². The first-order valence-electron chi connectivity index (χ1n) is 5.55. The van der Waals surface area contributed by atoms with Gasteiger partial charge in [0.1, 0.15) is 11.5 Å². The monoisotopic (exact) mass is 325 g/mol. The minimum Gasteiger partial charge on any atom is -0.455 e. The van der Waals surface area contributed by atoms with Crippen molar-refractivity contribution in [3.05, 3.63) is 57.5 Å². The van der Waals surface area contributed by atoms with Crippen molar-refractivity contribution in [1.29, 1.82) is 0 Å². The second-order valence-corrected chi connectivity index (χ2v) is 5.33. The summed E-state index contributed by atoms with van der Waals surface area (Å²) in [4.78, 5) is 0. The van der Waals surface area contributed by atoms with Crippen molar-refractivity contribution >= 4 is 27.5 Å². The standard InChI is InChI=1S/C14H13BrClNO/c1-9(17)11-8-10(15)6-7-13(11)18-14-5-3-2-4-12(14)16/h2-9H,17H2,1H3. The fourth-order valence-electron chi connectivity index (χ4n) is 1.61. The number of rotatable bonds is 3. The maximum Gasteiger partial charge on any atom is 0.146 e. The van der Waals surface area contributed by atoms with Crippen LogP contribution in [0, 0.1) is 0 Å². The highest BCUT2D eigenvalue weighted by atomic mass is 79.9. The van der Waals surface area contributed by atoms with Crippen molar-refractivity contribution in [2.75, 3.05) is 0 Å². The normalized spacial score (nSPS) is 12.2. The van der Waals surface area contributed by atoms with Crippen LogP contribution in [0.3, 0.4) is 0 Å². The molecule has 0 radical (unpaired) electrons. The molecule has 2 nitrogen and oxygen atoms in total. The summed E-state index contributed by atoms with van der Waals surface area (Å²) >= 11 is 9.50. The number of hydrogen-bond donors (Lipinski definition) is 1. The van der Waals surface area contributed by atoms with E-state index in [1.165, 1.54) is 0 Å². The van der Waals surface area contributed by atoms with E-state index in [4.69, 9.17) is 22.1 Å². The first-order chi connectivity index (χ1) is 8.58. The molecule has 18 heavy (non-hydrogen) atoms. The molecule has 2 N–H and O–H groups in total. The average Bonchev–Trinajstić information content (AvgIpc) is 2.34. The quantitative estimate of drug-likeness (QED) is 0.869. The Hall–Kier alpha value is -1.03. The predicted octanol–water partition coefficient (Wildman–Crippen LogP) is 4.91. The summed E-state index contributed by atoms with van der Waals surface area (Å²) in [5.41, 5.74) is 6.88. The lowest BCUT2D eigenvalue weighted by Crippen LogP contribution is -2.06. The Kier molecular flexibility index (Phi) is 4.27. The molecule has 0 fully saturated rings. The van der Waals surface area contributed by atoms with Crippen LogP contribution in [-0.2, 0) is 0 Å². The molecule has 0 aliphatic heterocycles. The molecule has 1 unspecified atom stereocenters. The van der Waals surface area contributed by atoms with Gasteiger partial charge in [-0.3, -0.25) is 0 Å². The number of hydrogen-bond acceptors (Lipinski definition) is 2. The second-order valence-electron chi connectivity index (χ2n) is 4.00. The summed E-state index contributed by atoms with van der Waals surface area (Å²) in [6, 6.07) is 13.0. The van der Waals surface area contributed by atoms with Crippen molar-refractivity contribution in [1.82, 2.24) is 0 Å². The molecule has 0 aliphatic rings. The third kappa shape index (κ3) is 3.05. The summed E-state index contributed by atoms with van der Waals surface area (Å²) in [7, 11) is 0. The van der Waals surface area contributed by atoms with E-state index in [2.05, 4.69) is 15.9 Å². The number of benzene rings is 2. The first-order valence-corrected chi connectivity index (χ1v) is 6.72. The maximum absolute atomic E-state index is 6.07. The molecule has 94 valence electrons. The van der Waals surface area contributed by atoms with Gasteiger partial charge in [-0.2, -0.15) is 0 Å². The molecule has 0 heterocycles. The van der Waals surface area contributed by atoms with Crippen molar-refractivity contribution in [2.24, 2.45) is 5.73 Å². The van der Waals surface area contributed by atoms with Crippen LogP contribution in [0.5, 0.6) is 11.5 Å². The molecular formula is C14H13BrClNO. The van der Waals surface area contributed by atoms with E-state index in [0.29, 0.717) is 10.8 Å². The SMILES string of the molecule is CC(N)c1cc(Br)ccc1Oc1ccccc1Cl. The topological polar surface area (TPSA) is 35.2 Å². The third-order valence-electron chi connectivity index (χ3n) is 2.52. The minimum atomic E-state index is -0.111. The van der Waals surface area contributed by atoms with Gasteiger partial charge in [-0.25, -0.2) is 0 Å². The van der Waals surface area contributed by atoms with Gasteiger partial charge in [-0.15, -0.1) is 0 Å². The fraction of sp³-hybridized carbons (Fsp3) is 0.143. The van der Waals surface area contributed by atoms with Gasteiger partial charge in [0.05, 0.1) is 5.02 Å². The number of ether oxygens (including phenoxy) is 1. The Labute approximate surface area is 120 Å². The van der Waals surface area contributed by atoms with Crippen LogP contribution in [0.25, 0.3) is 0 Å². The van der Waals surface area contributed by atoms with Gasteiger partial charge in [0, 0.05) is 16.1 Å². The zero-order valence-electron chi connectivity index (χ0n) is 9.86. The molecule has 4 heteroatoms. The predicted molar refractivity (Wildman–Crippen MR) is 78.3 cm³/mol. The smallest absolute Gasteiger partial charge is 0.146 e. The highest BCUT2D eigenvalue weighted by molar-refractivity contribution is 9.10.